The lowest BCUT2D eigenvalue weighted by atomic mass is 10.2. The van der Waals surface area contributed by atoms with E-state index in [4.69, 9.17) is 10.00 Å². The van der Waals surface area contributed by atoms with Gasteiger partial charge in [-0.15, -0.1) is 0 Å². The molecule has 114 valence electrons. The fraction of sp³-hybridized carbons (Fsp3) is 0.933. The lowest BCUT2D eigenvalue weighted by molar-refractivity contribution is -0.0568. The number of morpholine rings is 1. The minimum atomic E-state index is 0.0412. The van der Waals surface area contributed by atoms with Crippen molar-refractivity contribution in [3.63, 3.8) is 0 Å². The van der Waals surface area contributed by atoms with Crippen LogP contribution in [-0.4, -0.2) is 85.3 Å². The summed E-state index contributed by atoms with van der Waals surface area (Å²) in [6, 6.07) is 2.97. The van der Waals surface area contributed by atoms with Crippen molar-refractivity contribution < 1.29 is 4.74 Å². The van der Waals surface area contributed by atoms with Crippen molar-refractivity contribution in [1.82, 2.24) is 14.7 Å². The van der Waals surface area contributed by atoms with Gasteiger partial charge in [0, 0.05) is 51.9 Å². The molecule has 2 fully saturated rings. The molecule has 2 aliphatic rings. The fourth-order valence-corrected chi connectivity index (χ4v) is 3.02. The average Bonchev–Trinajstić information content (AvgIpc) is 2.47. The maximum Gasteiger partial charge on any atom is 0.0950 e. The predicted molar refractivity (Wildman–Crippen MR) is 79.5 cm³/mol. The summed E-state index contributed by atoms with van der Waals surface area (Å²) in [7, 11) is 0. The zero-order valence-corrected chi connectivity index (χ0v) is 13.1. The van der Waals surface area contributed by atoms with Gasteiger partial charge in [-0.2, -0.15) is 5.26 Å². The van der Waals surface area contributed by atoms with E-state index in [1.165, 1.54) is 0 Å². The highest BCUT2D eigenvalue weighted by Gasteiger charge is 2.26. The van der Waals surface area contributed by atoms with Crippen LogP contribution < -0.4 is 0 Å². The first-order valence-corrected chi connectivity index (χ1v) is 7.82. The average molecular weight is 280 g/mol. The summed E-state index contributed by atoms with van der Waals surface area (Å²) in [4.78, 5) is 7.25. The third-order valence-corrected chi connectivity index (χ3v) is 4.50. The molecule has 2 rings (SSSR count). The summed E-state index contributed by atoms with van der Waals surface area (Å²) >= 11 is 0. The van der Waals surface area contributed by atoms with Gasteiger partial charge >= 0.3 is 0 Å². The number of rotatable bonds is 4. The molecule has 0 spiro atoms. The minimum Gasteiger partial charge on any atom is -0.374 e. The van der Waals surface area contributed by atoms with Crippen molar-refractivity contribution in [2.24, 2.45) is 0 Å². The molecule has 0 saturated carbocycles. The van der Waals surface area contributed by atoms with E-state index in [9.17, 15) is 0 Å². The summed E-state index contributed by atoms with van der Waals surface area (Å²) in [6.07, 6.45) is 0.339. The van der Waals surface area contributed by atoms with Gasteiger partial charge in [0.15, 0.2) is 0 Å². The second-order valence-electron chi connectivity index (χ2n) is 6.22. The highest BCUT2D eigenvalue weighted by atomic mass is 16.5. The Morgan fingerprint density at radius 3 is 2.40 bits per heavy atom. The van der Waals surface area contributed by atoms with Crippen molar-refractivity contribution in [2.45, 2.75) is 39.0 Å². The minimum absolute atomic E-state index is 0.0412. The number of hydrogen-bond donors (Lipinski definition) is 0. The largest absolute Gasteiger partial charge is 0.374 e. The Bertz CT molecular complexity index is 333. The van der Waals surface area contributed by atoms with Gasteiger partial charge in [0.1, 0.15) is 0 Å². The molecule has 0 aromatic rings. The number of nitriles is 1. The molecule has 5 heteroatoms. The van der Waals surface area contributed by atoms with Gasteiger partial charge in [0.2, 0.25) is 0 Å². The van der Waals surface area contributed by atoms with Crippen LogP contribution in [0.2, 0.25) is 0 Å². The van der Waals surface area contributed by atoms with Crippen LogP contribution in [0.5, 0.6) is 0 Å². The van der Waals surface area contributed by atoms with Crippen LogP contribution in [0.3, 0.4) is 0 Å². The Kier molecular flexibility index (Phi) is 5.79. The van der Waals surface area contributed by atoms with Crippen LogP contribution in [0.1, 0.15) is 20.8 Å². The maximum absolute atomic E-state index is 8.96. The fourth-order valence-electron chi connectivity index (χ4n) is 3.02. The zero-order valence-electron chi connectivity index (χ0n) is 13.1. The zero-order chi connectivity index (χ0) is 14.5. The van der Waals surface area contributed by atoms with Crippen molar-refractivity contribution >= 4 is 0 Å². The molecule has 2 aliphatic heterocycles. The Balaban J connectivity index is 1.74. The van der Waals surface area contributed by atoms with Crippen LogP contribution in [0.25, 0.3) is 0 Å². The maximum atomic E-state index is 8.96. The first-order valence-electron chi connectivity index (χ1n) is 7.82. The second-order valence-corrected chi connectivity index (χ2v) is 6.22. The normalized spacial score (nSPS) is 28.4. The van der Waals surface area contributed by atoms with Crippen LogP contribution in [0.4, 0.5) is 0 Å². The molecule has 0 aromatic carbocycles. The topological polar surface area (TPSA) is 42.7 Å². The Morgan fingerprint density at radius 1 is 1.10 bits per heavy atom. The smallest absolute Gasteiger partial charge is 0.0950 e. The van der Waals surface area contributed by atoms with E-state index in [2.05, 4.69) is 34.6 Å². The Labute approximate surface area is 123 Å². The van der Waals surface area contributed by atoms with Crippen LogP contribution in [0, 0.1) is 11.3 Å². The van der Waals surface area contributed by atoms with Crippen LogP contribution in [-0.2, 0) is 4.74 Å². The Morgan fingerprint density at radius 2 is 1.80 bits per heavy atom. The van der Waals surface area contributed by atoms with Crippen molar-refractivity contribution in [2.75, 3.05) is 52.4 Å². The molecule has 20 heavy (non-hydrogen) atoms. The van der Waals surface area contributed by atoms with E-state index in [-0.39, 0.29) is 6.04 Å². The summed E-state index contributed by atoms with van der Waals surface area (Å²) in [5, 5.41) is 8.96. The molecular formula is C15H28N4O. The first kappa shape index (κ1) is 15.7. The standard InChI is InChI=1S/C15H28N4O/c1-13(2)19-8-9-20-15(12-19)11-17-4-6-18(7-5-17)14(3)10-16/h13-15H,4-9,11-12H2,1-3H3. The van der Waals surface area contributed by atoms with Gasteiger partial charge in [0.25, 0.3) is 0 Å². The third kappa shape index (κ3) is 4.16. The lowest BCUT2D eigenvalue weighted by Gasteiger charge is -2.40. The van der Waals surface area contributed by atoms with Gasteiger partial charge in [0.05, 0.1) is 24.8 Å². The molecule has 0 radical (unpaired) electrons. The quantitative estimate of drug-likeness (QED) is 0.755. The van der Waals surface area contributed by atoms with Gasteiger partial charge in [-0.25, -0.2) is 0 Å². The molecule has 0 bridgehead atoms. The van der Waals surface area contributed by atoms with Gasteiger partial charge in [-0.1, -0.05) is 0 Å². The highest BCUT2D eigenvalue weighted by molar-refractivity contribution is 4.90. The van der Waals surface area contributed by atoms with Crippen molar-refractivity contribution in [3.05, 3.63) is 0 Å². The van der Waals surface area contributed by atoms with Gasteiger partial charge in [-0.05, 0) is 20.8 Å². The summed E-state index contributed by atoms with van der Waals surface area (Å²) in [6.45, 7) is 14.6. The van der Waals surface area contributed by atoms with E-state index < -0.39 is 0 Å². The predicted octanol–water partition coefficient (Wildman–Crippen LogP) is 0.625. The van der Waals surface area contributed by atoms with E-state index >= 15 is 0 Å². The van der Waals surface area contributed by atoms with E-state index in [1.54, 1.807) is 0 Å². The molecule has 5 nitrogen and oxygen atoms in total. The molecule has 2 saturated heterocycles. The van der Waals surface area contributed by atoms with Crippen LogP contribution in [0.15, 0.2) is 0 Å². The van der Waals surface area contributed by atoms with Gasteiger partial charge < -0.3 is 4.74 Å². The van der Waals surface area contributed by atoms with Crippen molar-refractivity contribution in [3.8, 4) is 6.07 Å². The molecule has 0 amide bonds. The molecule has 2 atom stereocenters. The number of nitrogens with zero attached hydrogens (tertiary/aromatic N) is 4. The second kappa shape index (κ2) is 7.37. The molecule has 0 aliphatic carbocycles. The van der Waals surface area contributed by atoms with E-state index in [0.29, 0.717) is 12.1 Å². The van der Waals surface area contributed by atoms with E-state index in [1.807, 2.05) is 6.92 Å². The van der Waals surface area contributed by atoms with Crippen LogP contribution >= 0.6 is 0 Å². The monoisotopic (exact) mass is 280 g/mol. The molecule has 0 N–H and O–H groups in total. The number of ether oxygens (including phenoxy) is 1. The highest BCUT2D eigenvalue weighted by Crippen LogP contribution is 2.12. The first-order chi connectivity index (χ1) is 9.60. The Hall–Kier alpha value is -0.670. The van der Waals surface area contributed by atoms with Crippen molar-refractivity contribution in [1.29, 1.82) is 5.26 Å². The third-order valence-electron chi connectivity index (χ3n) is 4.50. The SMILES string of the molecule is CC(C)N1CCOC(CN2CCN(C(C)C#N)CC2)C1. The molecule has 2 heterocycles. The lowest BCUT2D eigenvalue weighted by Crippen LogP contribution is -2.54. The summed E-state index contributed by atoms with van der Waals surface area (Å²) in [5.74, 6) is 0. The number of piperazine rings is 1. The molecular weight excluding hydrogens is 252 g/mol. The molecule has 2 unspecified atom stereocenters. The number of hydrogen-bond acceptors (Lipinski definition) is 5. The summed E-state index contributed by atoms with van der Waals surface area (Å²) in [5.41, 5.74) is 0. The van der Waals surface area contributed by atoms with Gasteiger partial charge in [-0.3, -0.25) is 14.7 Å². The molecule has 0 aromatic heterocycles. The summed E-state index contributed by atoms with van der Waals surface area (Å²) < 4.78 is 5.91. The van der Waals surface area contributed by atoms with E-state index in [0.717, 1.165) is 52.4 Å².